The first-order chi connectivity index (χ1) is 9.60. The summed E-state index contributed by atoms with van der Waals surface area (Å²) in [5.41, 5.74) is 1.17. The van der Waals surface area contributed by atoms with Gasteiger partial charge in [-0.15, -0.1) is 11.3 Å². The topological polar surface area (TPSA) is 52.1 Å². The van der Waals surface area contributed by atoms with Gasteiger partial charge in [0.25, 0.3) is 0 Å². The minimum Gasteiger partial charge on any atom is -0.466 e. The number of aromatic nitrogens is 2. The molecule has 0 bridgehead atoms. The zero-order valence-electron chi connectivity index (χ0n) is 11.4. The molecule has 0 aromatic carbocycles. The van der Waals surface area contributed by atoms with Crippen LogP contribution >= 0.6 is 22.9 Å². The average molecular weight is 311 g/mol. The van der Waals surface area contributed by atoms with Crippen molar-refractivity contribution in [3.05, 3.63) is 21.4 Å². The summed E-state index contributed by atoms with van der Waals surface area (Å²) in [6.45, 7) is 4.09. The Labute approximate surface area is 126 Å². The molecule has 0 fully saturated rings. The third kappa shape index (κ3) is 2.29. The molecule has 0 saturated heterocycles. The Morgan fingerprint density at radius 3 is 3.05 bits per heavy atom. The van der Waals surface area contributed by atoms with Crippen LogP contribution in [0.4, 0.5) is 0 Å². The lowest BCUT2D eigenvalue weighted by molar-refractivity contribution is -0.143. The predicted molar refractivity (Wildman–Crippen MR) is 79.5 cm³/mol. The number of fused-ring (bicyclic) bond motifs is 3. The molecule has 2 heterocycles. The number of aryl methyl sites for hydroxylation is 2. The highest BCUT2D eigenvalue weighted by molar-refractivity contribution is 7.19. The van der Waals surface area contributed by atoms with Crippen molar-refractivity contribution >= 4 is 39.1 Å². The van der Waals surface area contributed by atoms with Crippen molar-refractivity contribution in [1.82, 2.24) is 9.97 Å². The summed E-state index contributed by atoms with van der Waals surface area (Å²) in [6.07, 6.45) is 2.37. The molecule has 20 heavy (non-hydrogen) atoms. The van der Waals surface area contributed by atoms with E-state index in [1.807, 2.05) is 13.8 Å². The van der Waals surface area contributed by atoms with E-state index in [1.165, 1.54) is 10.4 Å². The van der Waals surface area contributed by atoms with E-state index in [1.54, 1.807) is 11.3 Å². The molecular formula is C14H15ClN2O2S. The molecule has 0 spiro atoms. The standard InChI is InChI=1S/C14H15ClN2O2S/c1-3-19-10(18)6-8-4-5-9-11(8)12-13(15)16-7(2)17-14(12)20-9/h8H,3-6H2,1-2H3. The van der Waals surface area contributed by atoms with Gasteiger partial charge >= 0.3 is 5.97 Å². The first-order valence-corrected chi connectivity index (χ1v) is 7.90. The summed E-state index contributed by atoms with van der Waals surface area (Å²) in [5.74, 6) is 0.722. The van der Waals surface area contributed by atoms with E-state index in [0.717, 1.165) is 23.1 Å². The van der Waals surface area contributed by atoms with Crippen LogP contribution in [0.15, 0.2) is 0 Å². The Morgan fingerprint density at radius 1 is 1.50 bits per heavy atom. The van der Waals surface area contributed by atoms with Crippen LogP contribution in [0.3, 0.4) is 0 Å². The second-order valence-electron chi connectivity index (χ2n) is 4.93. The van der Waals surface area contributed by atoms with E-state index in [0.29, 0.717) is 24.0 Å². The normalized spacial score (nSPS) is 17.4. The van der Waals surface area contributed by atoms with Crippen molar-refractivity contribution in [3.63, 3.8) is 0 Å². The Kier molecular flexibility index (Phi) is 3.65. The third-order valence-electron chi connectivity index (χ3n) is 3.58. The smallest absolute Gasteiger partial charge is 0.306 e. The van der Waals surface area contributed by atoms with Gasteiger partial charge in [0, 0.05) is 4.88 Å². The molecule has 3 rings (SSSR count). The first-order valence-electron chi connectivity index (χ1n) is 6.71. The lowest BCUT2D eigenvalue weighted by Crippen LogP contribution is -2.08. The highest BCUT2D eigenvalue weighted by Crippen LogP contribution is 2.46. The minimum absolute atomic E-state index is 0.145. The predicted octanol–water partition coefficient (Wildman–Crippen LogP) is 3.64. The van der Waals surface area contributed by atoms with Crippen LogP contribution < -0.4 is 0 Å². The van der Waals surface area contributed by atoms with Crippen molar-refractivity contribution in [2.24, 2.45) is 0 Å². The van der Waals surface area contributed by atoms with Crippen molar-refractivity contribution in [1.29, 1.82) is 0 Å². The largest absolute Gasteiger partial charge is 0.466 e. The number of carbonyl (C=O) groups is 1. The molecule has 0 aliphatic heterocycles. The molecule has 4 nitrogen and oxygen atoms in total. The minimum atomic E-state index is -0.145. The fourth-order valence-corrected chi connectivity index (χ4v) is 4.51. The summed E-state index contributed by atoms with van der Waals surface area (Å²) in [4.78, 5) is 22.6. The fraction of sp³-hybridized carbons (Fsp3) is 0.500. The molecule has 6 heteroatoms. The van der Waals surface area contributed by atoms with Gasteiger partial charge < -0.3 is 4.74 Å². The second-order valence-corrected chi connectivity index (χ2v) is 6.37. The van der Waals surface area contributed by atoms with Gasteiger partial charge in [0.15, 0.2) is 0 Å². The van der Waals surface area contributed by atoms with Gasteiger partial charge in [0.1, 0.15) is 15.8 Å². The number of nitrogens with zero attached hydrogens (tertiary/aromatic N) is 2. The van der Waals surface area contributed by atoms with Crippen LogP contribution in [0.1, 0.15) is 41.9 Å². The van der Waals surface area contributed by atoms with Gasteiger partial charge in [-0.1, -0.05) is 11.6 Å². The van der Waals surface area contributed by atoms with E-state index in [9.17, 15) is 4.79 Å². The van der Waals surface area contributed by atoms with E-state index < -0.39 is 0 Å². The summed E-state index contributed by atoms with van der Waals surface area (Å²) in [7, 11) is 0. The molecule has 2 aromatic rings. The number of hydrogen-bond donors (Lipinski definition) is 0. The van der Waals surface area contributed by atoms with Crippen molar-refractivity contribution in [2.45, 2.75) is 39.0 Å². The van der Waals surface area contributed by atoms with Crippen LogP contribution in [-0.4, -0.2) is 22.5 Å². The maximum Gasteiger partial charge on any atom is 0.306 e. The average Bonchev–Trinajstić information content (AvgIpc) is 2.89. The number of carbonyl (C=O) groups excluding carboxylic acids is 1. The number of halogens is 1. The van der Waals surface area contributed by atoms with Gasteiger partial charge in [-0.3, -0.25) is 4.79 Å². The molecule has 1 aliphatic rings. The Bertz CT molecular complexity index is 683. The fourth-order valence-electron chi connectivity index (χ4n) is 2.82. The molecule has 0 radical (unpaired) electrons. The number of hydrogen-bond acceptors (Lipinski definition) is 5. The quantitative estimate of drug-likeness (QED) is 0.641. The molecule has 0 saturated carbocycles. The third-order valence-corrected chi connectivity index (χ3v) is 5.01. The number of thiophene rings is 1. The molecular weight excluding hydrogens is 296 g/mol. The maximum atomic E-state index is 11.7. The lowest BCUT2D eigenvalue weighted by atomic mass is 9.98. The number of rotatable bonds is 3. The van der Waals surface area contributed by atoms with E-state index in [2.05, 4.69) is 9.97 Å². The highest BCUT2D eigenvalue weighted by Gasteiger charge is 2.31. The van der Waals surface area contributed by atoms with Gasteiger partial charge in [-0.25, -0.2) is 9.97 Å². The lowest BCUT2D eigenvalue weighted by Gasteiger charge is -2.10. The van der Waals surface area contributed by atoms with Gasteiger partial charge in [0.2, 0.25) is 0 Å². The molecule has 2 aromatic heterocycles. The summed E-state index contributed by atoms with van der Waals surface area (Å²) < 4.78 is 5.06. The van der Waals surface area contributed by atoms with Crippen LogP contribution in [0.25, 0.3) is 10.2 Å². The van der Waals surface area contributed by atoms with Crippen LogP contribution in [-0.2, 0) is 16.0 Å². The summed E-state index contributed by atoms with van der Waals surface area (Å²) in [6, 6.07) is 0. The molecule has 1 unspecified atom stereocenters. The van der Waals surface area contributed by atoms with Crippen LogP contribution in [0, 0.1) is 6.92 Å². The highest BCUT2D eigenvalue weighted by atomic mass is 35.5. The molecule has 1 aliphatic carbocycles. The summed E-state index contributed by atoms with van der Waals surface area (Å²) in [5, 5.41) is 1.44. The van der Waals surface area contributed by atoms with E-state index in [-0.39, 0.29) is 11.9 Å². The second kappa shape index (κ2) is 5.30. The van der Waals surface area contributed by atoms with Gasteiger partial charge in [-0.2, -0.15) is 0 Å². The Balaban J connectivity index is 2.01. The maximum absolute atomic E-state index is 11.7. The zero-order valence-corrected chi connectivity index (χ0v) is 13.0. The van der Waals surface area contributed by atoms with Crippen molar-refractivity contribution in [2.75, 3.05) is 6.61 Å². The zero-order chi connectivity index (χ0) is 14.3. The van der Waals surface area contributed by atoms with Crippen LogP contribution in [0.2, 0.25) is 5.15 Å². The van der Waals surface area contributed by atoms with E-state index >= 15 is 0 Å². The van der Waals surface area contributed by atoms with Gasteiger partial charge in [0.05, 0.1) is 18.4 Å². The summed E-state index contributed by atoms with van der Waals surface area (Å²) >= 11 is 7.96. The van der Waals surface area contributed by atoms with Crippen LogP contribution in [0.5, 0.6) is 0 Å². The molecule has 0 amide bonds. The Hall–Kier alpha value is -1.20. The van der Waals surface area contributed by atoms with Crippen molar-refractivity contribution in [3.8, 4) is 0 Å². The number of esters is 1. The molecule has 1 atom stereocenters. The van der Waals surface area contributed by atoms with Gasteiger partial charge in [-0.05, 0) is 38.2 Å². The Morgan fingerprint density at radius 2 is 2.30 bits per heavy atom. The number of ether oxygens (including phenoxy) is 1. The monoisotopic (exact) mass is 310 g/mol. The molecule has 106 valence electrons. The van der Waals surface area contributed by atoms with Crippen molar-refractivity contribution < 1.29 is 9.53 Å². The molecule has 0 N–H and O–H groups in total. The van der Waals surface area contributed by atoms with E-state index in [4.69, 9.17) is 16.3 Å². The SMILES string of the molecule is CCOC(=O)CC1CCc2sc3nc(C)nc(Cl)c3c21. The first kappa shape index (κ1) is 13.8.